The maximum atomic E-state index is 12.9. The summed E-state index contributed by atoms with van der Waals surface area (Å²) >= 11 is 0. The van der Waals surface area contributed by atoms with E-state index < -0.39 is 0 Å². The molecule has 2 fully saturated rings. The van der Waals surface area contributed by atoms with Gasteiger partial charge in [-0.05, 0) is 38.7 Å². The molecule has 27 heavy (non-hydrogen) atoms. The first kappa shape index (κ1) is 16.8. The van der Waals surface area contributed by atoms with E-state index in [4.69, 9.17) is 9.26 Å². The van der Waals surface area contributed by atoms with Crippen molar-refractivity contribution in [1.29, 1.82) is 0 Å². The van der Waals surface area contributed by atoms with Crippen molar-refractivity contribution < 1.29 is 14.1 Å². The molecule has 2 saturated carbocycles. The standard InChI is InChI=1S/C21H25N3O3/c1-13(20-23-18(24-27-20)14-6-2-3-7-14)22-19(25)16-12-21(16)10-11-26-17-9-5-4-8-15(17)21/h4-5,8-9,13-14,16H,2-3,6-7,10-12H2,1H3,(H,22,25)/t13?,16-,21-/m0/s1. The molecule has 6 nitrogen and oxygen atoms in total. The van der Waals surface area contributed by atoms with Crippen LogP contribution >= 0.6 is 0 Å². The zero-order valence-corrected chi connectivity index (χ0v) is 15.6. The summed E-state index contributed by atoms with van der Waals surface area (Å²) in [7, 11) is 0. The Morgan fingerprint density at radius 2 is 2.11 bits per heavy atom. The Balaban J connectivity index is 1.27. The van der Waals surface area contributed by atoms with E-state index in [1.165, 1.54) is 18.4 Å². The summed E-state index contributed by atoms with van der Waals surface area (Å²) in [5, 5.41) is 7.23. The van der Waals surface area contributed by atoms with Gasteiger partial charge in [0.15, 0.2) is 5.82 Å². The van der Waals surface area contributed by atoms with Crippen LogP contribution in [0.15, 0.2) is 28.8 Å². The number of ether oxygens (including phenoxy) is 1. The van der Waals surface area contributed by atoms with Crippen LogP contribution in [0.25, 0.3) is 0 Å². The Labute approximate surface area is 158 Å². The molecular formula is C21H25N3O3. The van der Waals surface area contributed by atoms with E-state index in [9.17, 15) is 4.79 Å². The van der Waals surface area contributed by atoms with Crippen molar-refractivity contribution in [3.63, 3.8) is 0 Å². The lowest BCUT2D eigenvalue weighted by Crippen LogP contribution is -2.32. The van der Waals surface area contributed by atoms with Crippen molar-refractivity contribution in [2.45, 2.75) is 62.8 Å². The number of hydrogen-bond acceptors (Lipinski definition) is 5. The van der Waals surface area contributed by atoms with Gasteiger partial charge in [-0.15, -0.1) is 0 Å². The van der Waals surface area contributed by atoms with Crippen molar-refractivity contribution >= 4 is 5.91 Å². The quantitative estimate of drug-likeness (QED) is 0.893. The highest BCUT2D eigenvalue weighted by Gasteiger charge is 2.61. The van der Waals surface area contributed by atoms with E-state index in [1.807, 2.05) is 25.1 Å². The lowest BCUT2D eigenvalue weighted by molar-refractivity contribution is -0.123. The molecule has 1 amide bonds. The number of rotatable bonds is 4. The lowest BCUT2D eigenvalue weighted by atomic mass is 9.87. The van der Waals surface area contributed by atoms with Crippen LogP contribution in [0.4, 0.5) is 0 Å². The van der Waals surface area contributed by atoms with Gasteiger partial charge in [-0.1, -0.05) is 36.2 Å². The summed E-state index contributed by atoms with van der Waals surface area (Å²) in [5.74, 6) is 2.69. The second-order valence-electron chi connectivity index (χ2n) is 8.21. The summed E-state index contributed by atoms with van der Waals surface area (Å²) in [4.78, 5) is 17.4. The Bertz CT molecular complexity index is 858. The fraction of sp³-hybridized carbons (Fsp3) is 0.571. The number of hydrogen-bond donors (Lipinski definition) is 1. The van der Waals surface area contributed by atoms with E-state index >= 15 is 0 Å². The zero-order valence-electron chi connectivity index (χ0n) is 15.6. The molecule has 1 unspecified atom stereocenters. The number of benzene rings is 1. The molecule has 3 atom stereocenters. The number of nitrogens with zero attached hydrogens (tertiary/aromatic N) is 2. The first-order valence-corrected chi connectivity index (χ1v) is 10.0. The number of aromatic nitrogens is 2. The van der Waals surface area contributed by atoms with Crippen LogP contribution in [0.5, 0.6) is 5.75 Å². The summed E-state index contributed by atoms with van der Waals surface area (Å²) in [6.45, 7) is 2.58. The third-order valence-corrected chi connectivity index (χ3v) is 6.53. The highest BCUT2D eigenvalue weighted by molar-refractivity contribution is 5.85. The van der Waals surface area contributed by atoms with E-state index in [-0.39, 0.29) is 23.3 Å². The third kappa shape index (κ3) is 2.82. The van der Waals surface area contributed by atoms with Crippen molar-refractivity contribution in [3.05, 3.63) is 41.5 Å². The second kappa shape index (κ2) is 6.36. The second-order valence-corrected chi connectivity index (χ2v) is 8.21. The van der Waals surface area contributed by atoms with Gasteiger partial charge in [0.25, 0.3) is 0 Å². The first-order valence-electron chi connectivity index (χ1n) is 10.0. The Morgan fingerprint density at radius 1 is 1.30 bits per heavy atom. The SMILES string of the molecule is CC(NC(=O)[C@@H]1C[C@]12CCOc1ccccc12)c1nc(C2CCCC2)no1. The Hall–Kier alpha value is -2.37. The van der Waals surface area contributed by atoms with E-state index in [1.54, 1.807) is 0 Å². The molecule has 3 aliphatic rings. The minimum absolute atomic E-state index is 0.0118. The number of nitrogens with one attached hydrogen (secondary N) is 1. The fourth-order valence-corrected chi connectivity index (χ4v) is 4.85. The van der Waals surface area contributed by atoms with Gasteiger partial charge < -0.3 is 14.6 Å². The average Bonchev–Trinajstić information content (AvgIpc) is 3.09. The minimum atomic E-state index is -0.270. The number of carbonyl (C=O) groups is 1. The first-order chi connectivity index (χ1) is 13.2. The minimum Gasteiger partial charge on any atom is -0.493 e. The monoisotopic (exact) mass is 367 g/mol. The molecule has 1 N–H and O–H groups in total. The zero-order chi connectivity index (χ0) is 18.4. The van der Waals surface area contributed by atoms with E-state index in [2.05, 4.69) is 21.5 Å². The highest BCUT2D eigenvalue weighted by atomic mass is 16.5. The maximum Gasteiger partial charge on any atom is 0.248 e. The van der Waals surface area contributed by atoms with Crippen molar-refractivity contribution in [2.24, 2.45) is 5.92 Å². The van der Waals surface area contributed by atoms with Gasteiger partial charge in [-0.25, -0.2) is 0 Å². The summed E-state index contributed by atoms with van der Waals surface area (Å²) < 4.78 is 11.2. The molecule has 0 saturated heterocycles. The highest BCUT2D eigenvalue weighted by Crippen LogP contribution is 2.60. The number of carbonyl (C=O) groups excluding carboxylic acids is 1. The molecule has 1 aliphatic heterocycles. The van der Waals surface area contributed by atoms with Gasteiger partial charge in [0.1, 0.15) is 11.8 Å². The van der Waals surface area contributed by atoms with Crippen LogP contribution in [0.3, 0.4) is 0 Å². The molecule has 2 aromatic rings. The van der Waals surface area contributed by atoms with Crippen LogP contribution in [-0.2, 0) is 10.2 Å². The van der Waals surface area contributed by atoms with Gasteiger partial charge >= 0.3 is 0 Å². The Kier molecular flexibility index (Phi) is 3.95. The summed E-state index contributed by atoms with van der Waals surface area (Å²) in [6, 6.07) is 7.82. The topological polar surface area (TPSA) is 77.2 Å². The lowest BCUT2D eigenvalue weighted by Gasteiger charge is -2.26. The van der Waals surface area contributed by atoms with Crippen molar-refractivity contribution in [1.82, 2.24) is 15.5 Å². The van der Waals surface area contributed by atoms with Crippen molar-refractivity contribution in [2.75, 3.05) is 6.61 Å². The normalized spacial score (nSPS) is 27.8. The molecule has 0 bridgehead atoms. The van der Waals surface area contributed by atoms with Gasteiger partial charge in [-0.2, -0.15) is 4.98 Å². The molecule has 2 heterocycles. The van der Waals surface area contributed by atoms with Crippen LogP contribution in [-0.4, -0.2) is 22.7 Å². The van der Waals surface area contributed by atoms with Crippen LogP contribution < -0.4 is 10.1 Å². The Morgan fingerprint density at radius 3 is 2.96 bits per heavy atom. The van der Waals surface area contributed by atoms with E-state index in [0.29, 0.717) is 18.4 Å². The third-order valence-electron chi connectivity index (χ3n) is 6.53. The molecule has 6 heteroatoms. The molecule has 142 valence electrons. The molecule has 5 rings (SSSR count). The smallest absolute Gasteiger partial charge is 0.248 e. The molecule has 0 radical (unpaired) electrons. The van der Waals surface area contributed by atoms with Crippen LogP contribution in [0.2, 0.25) is 0 Å². The van der Waals surface area contributed by atoms with Gasteiger partial charge in [0.2, 0.25) is 11.8 Å². The van der Waals surface area contributed by atoms with Gasteiger partial charge in [0.05, 0.1) is 6.61 Å². The van der Waals surface area contributed by atoms with Crippen LogP contribution in [0, 0.1) is 5.92 Å². The molecule has 1 aromatic carbocycles. The largest absolute Gasteiger partial charge is 0.493 e. The van der Waals surface area contributed by atoms with Crippen molar-refractivity contribution in [3.8, 4) is 5.75 Å². The fourth-order valence-electron chi connectivity index (χ4n) is 4.85. The molecule has 1 aromatic heterocycles. The van der Waals surface area contributed by atoms with Crippen LogP contribution in [0.1, 0.15) is 74.7 Å². The number of para-hydroxylation sites is 1. The summed E-state index contributed by atoms with van der Waals surface area (Å²) in [6.07, 6.45) is 6.50. The predicted molar refractivity (Wildman–Crippen MR) is 98.4 cm³/mol. The van der Waals surface area contributed by atoms with E-state index in [0.717, 1.165) is 37.3 Å². The number of fused-ring (bicyclic) bond motifs is 2. The maximum absolute atomic E-state index is 12.9. The molecule has 1 spiro atoms. The average molecular weight is 367 g/mol. The summed E-state index contributed by atoms with van der Waals surface area (Å²) in [5.41, 5.74) is 1.10. The van der Waals surface area contributed by atoms with Gasteiger partial charge in [0, 0.05) is 22.8 Å². The van der Waals surface area contributed by atoms with Gasteiger partial charge in [-0.3, -0.25) is 4.79 Å². The predicted octanol–water partition coefficient (Wildman–Crippen LogP) is 3.64. The molecule has 2 aliphatic carbocycles. The molecular weight excluding hydrogens is 342 g/mol. The number of amides is 1.